The number of piperazine rings is 1. The van der Waals surface area contributed by atoms with Crippen LogP contribution in [0, 0.1) is 6.92 Å². The molecule has 2 aromatic heterocycles. The van der Waals surface area contributed by atoms with Crippen molar-refractivity contribution in [1.82, 2.24) is 24.6 Å². The van der Waals surface area contributed by atoms with Gasteiger partial charge >= 0.3 is 0 Å². The molecule has 2 aromatic rings. The van der Waals surface area contributed by atoms with E-state index in [1.165, 1.54) is 11.5 Å². The van der Waals surface area contributed by atoms with Gasteiger partial charge in [-0.15, -0.1) is 0 Å². The minimum atomic E-state index is 0.645. The highest BCUT2D eigenvalue weighted by Gasteiger charge is 2.22. The molecule has 0 unspecified atom stereocenters. The molecule has 3 heterocycles. The number of hydrogen-bond donors (Lipinski definition) is 1. The van der Waals surface area contributed by atoms with Crippen LogP contribution in [0.3, 0.4) is 0 Å². The molecule has 0 bridgehead atoms. The summed E-state index contributed by atoms with van der Waals surface area (Å²) in [5.41, 5.74) is 2.16. The van der Waals surface area contributed by atoms with Crippen molar-refractivity contribution in [3.8, 4) is 0 Å². The molecular weight excluding hydrogens is 346 g/mol. The number of pyridine rings is 1. The van der Waals surface area contributed by atoms with Gasteiger partial charge in [0.1, 0.15) is 5.82 Å². The van der Waals surface area contributed by atoms with E-state index in [1.54, 1.807) is 0 Å². The molecule has 0 spiro atoms. The lowest BCUT2D eigenvalue weighted by Crippen LogP contribution is -2.52. The van der Waals surface area contributed by atoms with Crippen LogP contribution in [0.25, 0.3) is 0 Å². The summed E-state index contributed by atoms with van der Waals surface area (Å²) in [6.45, 7) is 11.4. The van der Waals surface area contributed by atoms with Gasteiger partial charge in [0.05, 0.1) is 6.54 Å². The van der Waals surface area contributed by atoms with Crippen LogP contribution in [0.5, 0.6) is 0 Å². The molecule has 0 radical (unpaired) electrons. The molecule has 1 aliphatic rings. The van der Waals surface area contributed by atoms with Gasteiger partial charge < -0.3 is 15.1 Å². The van der Waals surface area contributed by atoms with Crippen LogP contribution in [-0.2, 0) is 13.0 Å². The lowest BCUT2D eigenvalue weighted by molar-refractivity contribution is 0.372. The second kappa shape index (κ2) is 8.93. The summed E-state index contributed by atoms with van der Waals surface area (Å²) in [6, 6.07) is 4.12. The Morgan fingerprint density at radius 1 is 1.23 bits per heavy atom. The summed E-state index contributed by atoms with van der Waals surface area (Å²) >= 11 is 1.50. The topological polar surface area (TPSA) is 69.5 Å². The van der Waals surface area contributed by atoms with E-state index in [9.17, 15) is 0 Å². The molecule has 140 valence electrons. The summed E-state index contributed by atoms with van der Waals surface area (Å²) in [7, 11) is 0. The Labute approximate surface area is 159 Å². The number of aliphatic imine (C=N–C) groups is 1. The monoisotopic (exact) mass is 373 g/mol. The van der Waals surface area contributed by atoms with Crippen LogP contribution in [0.1, 0.15) is 30.9 Å². The van der Waals surface area contributed by atoms with Gasteiger partial charge in [0.15, 0.2) is 5.96 Å². The Morgan fingerprint density at radius 3 is 2.65 bits per heavy atom. The molecule has 7 nitrogen and oxygen atoms in total. The summed E-state index contributed by atoms with van der Waals surface area (Å²) < 4.78 is 4.40. The van der Waals surface area contributed by atoms with E-state index in [-0.39, 0.29) is 0 Å². The number of aromatic nitrogens is 3. The summed E-state index contributed by atoms with van der Waals surface area (Å²) in [6.07, 6.45) is 2.79. The number of aryl methyl sites for hydroxylation is 2. The van der Waals surface area contributed by atoms with Crippen molar-refractivity contribution in [2.45, 2.75) is 33.7 Å². The number of rotatable bonds is 5. The van der Waals surface area contributed by atoms with Gasteiger partial charge in [0, 0.05) is 62.6 Å². The maximum absolute atomic E-state index is 4.80. The predicted octanol–water partition coefficient (Wildman–Crippen LogP) is 2.09. The van der Waals surface area contributed by atoms with E-state index < -0.39 is 0 Å². The minimum absolute atomic E-state index is 0.645. The average Bonchev–Trinajstić information content (AvgIpc) is 3.16. The third-order valence-electron chi connectivity index (χ3n) is 4.34. The van der Waals surface area contributed by atoms with Gasteiger partial charge in [-0.1, -0.05) is 13.0 Å². The average molecular weight is 374 g/mol. The number of guanidine groups is 1. The molecule has 26 heavy (non-hydrogen) atoms. The molecule has 0 saturated carbocycles. The lowest BCUT2D eigenvalue weighted by Gasteiger charge is -2.36. The maximum atomic E-state index is 4.80. The van der Waals surface area contributed by atoms with E-state index in [4.69, 9.17) is 4.99 Å². The van der Waals surface area contributed by atoms with Crippen molar-refractivity contribution in [2.75, 3.05) is 37.6 Å². The third kappa shape index (κ3) is 4.69. The SMILES string of the molecule is CCNC(=NCc1ccc(C)nc1)N1CCN(c2nc(CC)ns2)CC1. The van der Waals surface area contributed by atoms with E-state index in [0.29, 0.717) is 6.54 Å². The Bertz CT molecular complexity index is 717. The van der Waals surface area contributed by atoms with Crippen molar-refractivity contribution in [3.63, 3.8) is 0 Å². The number of nitrogens with zero attached hydrogens (tertiary/aromatic N) is 6. The third-order valence-corrected chi connectivity index (χ3v) is 5.16. The second-order valence-corrected chi connectivity index (χ2v) is 7.03. The number of hydrogen-bond acceptors (Lipinski definition) is 6. The molecule has 3 rings (SSSR count). The summed E-state index contributed by atoms with van der Waals surface area (Å²) in [5, 5.41) is 4.45. The molecule has 0 amide bonds. The highest BCUT2D eigenvalue weighted by Crippen LogP contribution is 2.19. The van der Waals surface area contributed by atoms with E-state index in [0.717, 1.165) is 67.3 Å². The first kappa shape index (κ1) is 18.6. The molecule has 0 aliphatic carbocycles. The number of nitrogens with one attached hydrogen (secondary N) is 1. The van der Waals surface area contributed by atoms with Crippen LogP contribution in [0.15, 0.2) is 23.3 Å². The molecule has 1 N–H and O–H groups in total. The first-order valence-corrected chi connectivity index (χ1v) is 9.99. The molecule has 1 saturated heterocycles. The van der Waals surface area contributed by atoms with Crippen molar-refractivity contribution >= 4 is 22.6 Å². The lowest BCUT2D eigenvalue weighted by atomic mass is 10.2. The van der Waals surface area contributed by atoms with Crippen molar-refractivity contribution in [3.05, 3.63) is 35.4 Å². The van der Waals surface area contributed by atoms with Gasteiger partial charge in [-0.3, -0.25) is 4.98 Å². The van der Waals surface area contributed by atoms with Crippen molar-refractivity contribution in [1.29, 1.82) is 0 Å². The van der Waals surface area contributed by atoms with Gasteiger partial charge in [0.25, 0.3) is 0 Å². The smallest absolute Gasteiger partial charge is 0.205 e. The maximum Gasteiger partial charge on any atom is 0.205 e. The fraction of sp³-hybridized carbons (Fsp3) is 0.556. The van der Waals surface area contributed by atoms with Crippen LogP contribution in [0.4, 0.5) is 5.13 Å². The molecule has 0 atom stereocenters. The van der Waals surface area contributed by atoms with Crippen LogP contribution in [-0.4, -0.2) is 57.9 Å². The van der Waals surface area contributed by atoms with Crippen LogP contribution >= 0.6 is 11.5 Å². The molecule has 1 aliphatic heterocycles. The van der Waals surface area contributed by atoms with Gasteiger partial charge in [-0.05, 0) is 25.5 Å². The van der Waals surface area contributed by atoms with Crippen LogP contribution in [0.2, 0.25) is 0 Å². The highest BCUT2D eigenvalue weighted by atomic mass is 32.1. The second-order valence-electron chi connectivity index (χ2n) is 6.30. The fourth-order valence-electron chi connectivity index (χ4n) is 2.81. The van der Waals surface area contributed by atoms with Gasteiger partial charge in [0.2, 0.25) is 5.13 Å². The van der Waals surface area contributed by atoms with Gasteiger partial charge in [-0.2, -0.15) is 4.37 Å². The zero-order valence-electron chi connectivity index (χ0n) is 15.8. The first-order chi connectivity index (χ1) is 12.7. The normalized spacial score (nSPS) is 15.4. The molecule has 1 fully saturated rings. The zero-order chi connectivity index (χ0) is 18.4. The standard InChI is InChI=1S/C18H27N7S/c1-4-16-22-18(26-23-16)25-10-8-24(9-11-25)17(19-5-2)21-13-15-7-6-14(3)20-12-15/h6-7,12H,4-5,8-11,13H2,1-3H3,(H,19,21). The van der Waals surface area contributed by atoms with Crippen molar-refractivity contribution in [2.24, 2.45) is 4.99 Å². The predicted molar refractivity (Wildman–Crippen MR) is 107 cm³/mol. The quantitative estimate of drug-likeness (QED) is 0.639. The van der Waals surface area contributed by atoms with Crippen molar-refractivity contribution < 1.29 is 0 Å². The van der Waals surface area contributed by atoms with E-state index in [1.807, 2.05) is 19.2 Å². The molecule has 8 heteroatoms. The van der Waals surface area contributed by atoms with E-state index in [2.05, 4.69) is 49.4 Å². The minimum Gasteiger partial charge on any atom is -0.357 e. The van der Waals surface area contributed by atoms with Gasteiger partial charge in [-0.25, -0.2) is 9.98 Å². The Balaban J connectivity index is 1.60. The fourth-order valence-corrected chi connectivity index (χ4v) is 3.61. The Hall–Kier alpha value is -2.22. The Kier molecular flexibility index (Phi) is 6.38. The Morgan fingerprint density at radius 2 is 2.04 bits per heavy atom. The molecule has 0 aromatic carbocycles. The van der Waals surface area contributed by atoms with E-state index >= 15 is 0 Å². The number of anilines is 1. The van der Waals surface area contributed by atoms with Crippen LogP contribution < -0.4 is 10.2 Å². The molecular formula is C18H27N7S. The largest absolute Gasteiger partial charge is 0.357 e. The summed E-state index contributed by atoms with van der Waals surface area (Å²) in [5.74, 6) is 1.91. The summed E-state index contributed by atoms with van der Waals surface area (Å²) in [4.78, 5) is 18.4. The first-order valence-electron chi connectivity index (χ1n) is 9.22. The zero-order valence-corrected chi connectivity index (χ0v) is 16.6. The highest BCUT2D eigenvalue weighted by molar-refractivity contribution is 7.09.